The third-order valence-corrected chi connectivity index (χ3v) is 3.68. The highest BCUT2D eigenvalue weighted by atomic mass is 32.1. The fourth-order valence-corrected chi connectivity index (χ4v) is 2.63. The Morgan fingerprint density at radius 1 is 1.17 bits per heavy atom. The lowest BCUT2D eigenvalue weighted by Gasteiger charge is -2.10. The molecule has 0 saturated carbocycles. The molecule has 0 aliphatic carbocycles. The number of nitrogens with two attached hydrogens (primary N) is 1. The molecule has 0 aliphatic heterocycles. The number of aliphatic hydroxyl groups is 1. The van der Waals surface area contributed by atoms with Crippen molar-refractivity contribution in [2.75, 3.05) is 5.73 Å². The van der Waals surface area contributed by atoms with Gasteiger partial charge in [0.2, 0.25) is 0 Å². The summed E-state index contributed by atoms with van der Waals surface area (Å²) in [6.07, 6.45) is 4.33. The zero-order chi connectivity index (χ0) is 12.5. The van der Waals surface area contributed by atoms with E-state index in [0.717, 1.165) is 21.2 Å². The molecule has 3 N–H and O–H groups in total. The van der Waals surface area contributed by atoms with E-state index in [9.17, 15) is 5.11 Å². The van der Waals surface area contributed by atoms with E-state index in [2.05, 4.69) is 9.97 Å². The summed E-state index contributed by atoms with van der Waals surface area (Å²) in [6, 6.07) is 7.84. The standard InChI is InChI=1S/C13H11N3OS/c14-13-16-7-11(18-13)12(17)10-6-15-5-8-3-1-2-4-9(8)10/h1-7,12,17H,(H2,14,16). The summed E-state index contributed by atoms with van der Waals surface area (Å²) in [4.78, 5) is 8.85. The summed E-state index contributed by atoms with van der Waals surface area (Å²) in [5.74, 6) is 0. The molecule has 0 saturated heterocycles. The van der Waals surface area contributed by atoms with Gasteiger partial charge in [-0.1, -0.05) is 35.6 Å². The highest BCUT2D eigenvalue weighted by molar-refractivity contribution is 7.15. The molecule has 1 unspecified atom stereocenters. The summed E-state index contributed by atoms with van der Waals surface area (Å²) >= 11 is 1.29. The number of nitrogens with zero attached hydrogens (tertiary/aromatic N) is 2. The summed E-state index contributed by atoms with van der Waals surface area (Å²) in [5, 5.41) is 12.8. The fourth-order valence-electron chi connectivity index (χ4n) is 1.94. The lowest BCUT2D eigenvalue weighted by molar-refractivity contribution is 0.225. The lowest BCUT2D eigenvalue weighted by atomic mass is 10.0. The first-order chi connectivity index (χ1) is 8.75. The number of thiazole rings is 1. The van der Waals surface area contributed by atoms with Crippen LogP contribution in [0.2, 0.25) is 0 Å². The van der Waals surface area contributed by atoms with E-state index in [4.69, 9.17) is 5.73 Å². The Morgan fingerprint density at radius 2 is 2.00 bits per heavy atom. The number of hydrogen-bond donors (Lipinski definition) is 2. The molecule has 1 atom stereocenters. The van der Waals surface area contributed by atoms with Gasteiger partial charge in [0.1, 0.15) is 6.10 Å². The van der Waals surface area contributed by atoms with E-state index in [1.165, 1.54) is 11.3 Å². The van der Waals surface area contributed by atoms with Gasteiger partial charge in [-0.3, -0.25) is 4.98 Å². The topological polar surface area (TPSA) is 72.0 Å². The second-order valence-electron chi connectivity index (χ2n) is 3.95. The number of anilines is 1. The highest BCUT2D eigenvalue weighted by Crippen LogP contribution is 2.31. The van der Waals surface area contributed by atoms with Crippen LogP contribution in [0.1, 0.15) is 16.5 Å². The van der Waals surface area contributed by atoms with Crippen molar-refractivity contribution < 1.29 is 5.11 Å². The molecule has 0 spiro atoms. The maximum Gasteiger partial charge on any atom is 0.180 e. The second-order valence-corrected chi connectivity index (χ2v) is 5.05. The number of nitrogen functional groups attached to an aromatic ring is 1. The summed E-state index contributed by atoms with van der Waals surface area (Å²) < 4.78 is 0. The molecule has 0 aliphatic rings. The Balaban J connectivity index is 2.14. The van der Waals surface area contributed by atoms with Gasteiger partial charge in [-0.15, -0.1) is 0 Å². The molecular weight excluding hydrogens is 246 g/mol. The Kier molecular flexibility index (Phi) is 2.70. The largest absolute Gasteiger partial charge is 0.383 e. The molecule has 0 radical (unpaired) electrons. The van der Waals surface area contributed by atoms with E-state index < -0.39 is 6.10 Å². The van der Waals surface area contributed by atoms with Crippen LogP contribution in [0.3, 0.4) is 0 Å². The third-order valence-electron chi connectivity index (χ3n) is 2.80. The summed E-state index contributed by atoms with van der Waals surface area (Å²) in [7, 11) is 0. The van der Waals surface area contributed by atoms with Gasteiger partial charge < -0.3 is 10.8 Å². The van der Waals surface area contributed by atoms with E-state index in [-0.39, 0.29) is 0 Å². The molecule has 2 aromatic heterocycles. The van der Waals surface area contributed by atoms with Crippen molar-refractivity contribution in [3.63, 3.8) is 0 Å². The minimum absolute atomic E-state index is 0.456. The maximum absolute atomic E-state index is 10.4. The molecule has 4 nitrogen and oxygen atoms in total. The van der Waals surface area contributed by atoms with Crippen LogP contribution in [-0.2, 0) is 0 Å². The van der Waals surface area contributed by atoms with Crippen LogP contribution >= 0.6 is 11.3 Å². The van der Waals surface area contributed by atoms with Crippen molar-refractivity contribution in [1.29, 1.82) is 0 Å². The van der Waals surface area contributed by atoms with Crippen LogP contribution < -0.4 is 5.73 Å². The molecule has 5 heteroatoms. The smallest absolute Gasteiger partial charge is 0.180 e. The van der Waals surface area contributed by atoms with Crippen LogP contribution in [0.25, 0.3) is 10.8 Å². The van der Waals surface area contributed by atoms with Crippen molar-refractivity contribution >= 4 is 27.2 Å². The van der Waals surface area contributed by atoms with Crippen LogP contribution in [0.15, 0.2) is 42.9 Å². The van der Waals surface area contributed by atoms with Crippen LogP contribution in [0.5, 0.6) is 0 Å². The molecule has 90 valence electrons. The van der Waals surface area contributed by atoms with Crippen molar-refractivity contribution in [3.05, 3.63) is 53.3 Å². The molecule has 1 aromatic carbocycles. The van der Waals surface area contributed by atoms with Crippen LogP contribution in [0, 0.1) is 0 Å². The SMILES string of the molecule is Nc1ncc(C(O)c2cncc3ccccc23)s1. The van der Waals surface area contributed by atoms with Gasteiger partial charge in [0.05, 0.1) is 4.88 Å². The van der Waals surface area contributed by atoms with E-state index in [1.807, 2.05) is 24.3 Å². The Bertz CT molecular complexity index is 690. The molecule has 0 bridgehead atoms. The minimum atomic E-state index is -0.738. The van der Waals surface area contributed by atoms with E-state index >= 15 is 0 Å². The fraction of sp³-hybridized carbons (Fsp3) is 0.0769. The average molecular weight is 257 g/mol. The van der Waals surface area contributed by atoms with Gasteiger partial charge in [-0.05, 0) is 5.39 Å². The number of fused-ring (bicyclic) bond motifs is 1. The Labute approximate surface area is 108 Å². The minimum Gasteiger partial charge on any atom is -0.383 e. The first-order valence-electron chi connectivity index (χ1n) is 5.47. The first-order valence-corrected chi connectivity index (χ1v) is 6.29. The normalized spacial score (nSPS) is 12.7. The first kappa shape index (κ1) is 11.1. The van der Waals surface area contributed by atoms with Crippen LogP contribution in [0.4, 0.5) is 5.13 Å². The van der Waals surface area contributed by atoms with Gasteiger partial charge >= 0.3 is 0 Å². The van der Waals surface area contributed by atoms with Gasteiger partial charge in [0.15, 0.2) is 5.13 Å². The molecule has 3 rings (SSSR count). The maximum atomic E-state index is 10.4. The number of hydrogen-bond acceptors (Lipinski definition) is 5. The molecule has 18 heavy (non-hydrogen) atoms. The van der Waals surface area contributed by atoms with Gasteiger partial charge in [0.25, 0.3) is 0 Å². The second kappa shape index (κ2) is 4.36. The average Bonchev–Trinajstić information content (AvgIpc) is 2.84. The predicted molar refractivity (Wildman–Crippen MR) is 72.3 cm³/mol. The van der Waals surface area contributed by atoms with E-state index in [1.54, 1.807) is 18.6 Å². The lowest BCUT2D eigenvalue weighted by Crippen LogP contribution is -1.99. The number of pyridine rings is 1. The monoisotopic (exact) mass is 257 g/mol. The van der Waals surface area contributed by atoms with Crippen molar-refractivity contribution in [2.24, 2.45) is 0 Å². The predicted octanol–water partition coefficient (Wildman–Crippen LogP) is 2.36. The van der Waals surface area contributed by atoms with Gasteiger partial charge in [0, 0.05) is 29.5 Å². The number of benzene rings is 1. The quantitative estimate of drug-likeness (QED) is 0.739. The molecule has 0 amide bonds. The molecule has 2 heterocycles. The molecule has 3 aromatic rings. The molecular formula is C13H11N3OS. The number of aromatic nitrogens is 2. The zero-order valence-electron chi connectivity index (χ0n) is 9.45. The summed E-state index contributed by atoms with van der Waals surface area (Å²) in [6.45, 7) is 0. The highest BCUT2D eigenvalue weighted by Gasteiger charge is 2.16. The van der Waals surface area contributed by atoms with Crippen molar-refractivity contribution in [1.82, 2.24) is 9.97 Å². The number of rotatable bonds is 2. The Morgan fingerprint density at radius 3 is 2.78 bits per heavy atom. The van der Waals surface area contributed by atoms with E-state index in [0.29, 0.717) is 5.13 Å². The van der Waals surface area contributed by atoms with Gasteiger partial charge in [-0.2, -0.15) is 0 Å². The Hall–Kier alpha value is -1.98. The van der Waals surface area contributed by atoms with Crippen LogP contribution in [-0.4, -0.2) is 15.1 Å². The van der Waals surface area contributed by atoms with Crippen molar-refractivity contribution in [2.45, 2.75) is 6.10 Å². The summed E-state index contributed by atoms with van der Waals surface area (Å²) in [5.41, 5.74) is 6.36. The number of aliphatic hydroxyl groups excluding tert-OH is 1. The molecule has 0 fully saturated rings. The van der Waals surface area contributed by atoms with Gasteiger partial charge in [-0.25, -0.2) is 4.98 Å². The zero-order valence-corrected chi connectivity index (χ0v) is 10.3. The third kappa shape index (κ3) is 1.83. The van der Waals surface area contributed by atoms with Crippen molar-refractivity contribution in [3.8, 4) is 0 Å².